The maximum absolute atomic E-state index is 13.4. The number of benzene rings is 2. The largest absolute Gasteiger partial charge is 0.495 e. The Morgan fingerprint density at radius 3 is 2.65 bits per heavy atom. The quantitative estimate of drug-likeness (QED) is 0.164. The van der Waals surface area contributed by atoms with Crippen molar-refractivity contribution >= 4 is 39.3 Å². The number of aryl methyl sites for hydroxylation is 2. The highest BCUT2D eigenvalue weighted by Crippen LogP contribution is 2.41. The van der Waals surface area contributed by atoms with E-state index >= 15 is 0 Å². The van der Waals surface area contributed by atoms with Gasteiger partial charge in [-0.1, -0.05) is 24.3 Å². The number of anilines is 2. The molecule has 1 aliphatic carbocycles. The van der Waals surface area contributed by atoms with E-state index in [2.05, 4.69) is 35.8 Å². The minimum atomic E-state index is -0.209. The molecule has 0 saturated heterocycles. The first-order valence-electron chi connectivity index (χ1n) is 16.6. The summed E-state index contributed by atoms with van der Waals surface area (Å²) in [4.78, 5) is 22.4. The summed E-state index contributed by atoms with van der Waals surface area (Å²) < 4.78 is 12.1. The van der Waals surface area contributed by atoms with Gasteiger partial charge < -0.3 is 35.2 Å². The second kappa shape index (κ2) is 13.1. The standard InChI is InChI=1S/C36H42N10O2/c1-22-42-43-32(19-37)45(22)16-6-7-23-10-13-26(14-11-23)46-20-27(33-34(38)39-21-40-35(33)46)24-12-15-28(31(18-24)48-3)41-36(47)30-17-25-8-4-5-9-29(25)44(30)2/h4-5,8-9,12,15,17-18,20-21,23,26H,6-7,10-11,13-14,16,19,37H2,1-3H3,(H,41,47)(H2,38,39,40)/t23-,26+. The van der Waals surface area contributed by atoms with Crippen molar-refractivity contribution in [1.29, 1.82) is 0 Å². The minimum absolute atomic E-state index is 0.209. The molecule has 48 heavy (non-hydrogen) atoms. The SMILES string of the molecule is COc1cc(-c2cn([C@H]3CC[C@@H](CCCn4c(C)nnc4CN)CC3)c3ncnc(N)c23)ccc1NC(=O)c1cc2ccccc2n1C. The van der Waals surface area contributed by atoms with E-state index in [1.807, 2.05) is 67.1 Å². The Bertz CT molecular complexity index is 2100. The molecule has 6 aromatic rings. The summed E-state index contributed by atoms with van der Waals surface area (Å²) in [5.41, 5.74) is 17.2. The number of amides is 1. The van der Waals surface area contributed by atoms with Gasteiger partial charge in [0.15, 0.2) is 0 Å². The predicted octanol–water partition coefficient (Wildman–Crippen LogP) is 6.00. The average Bonchev–Trinajstić information content (AvgIpc) is 3.79. The Balaban J connectivity index is 1.09. The van der Waals surface area contributed by atoms with Crippen LogP contribution in [0.1, 0.15) is 66.7 Å². The number of nitrogen functional groups attached to an aromatic ring is 1. The Morgan fingerprint density at radius 1 is 1.06 bits per heavy atom. The molecule has 5 N–H and O–H groups in total. The molecule has 12 nitrogen and oxygen atoms in total. The van der Waals surface area contributed by atoms with E-state index in [-0.39, 0.29) is 5.91 Å². The third-order valence-corrected chi connectivity index (χ3v) is 9.98. The normalized spacial score (nSPS) is 16.5. The lowest BCUT2D eigenvalue weighted by Crippen LogP contribution is -2.18. The molecule has 1 fully saturated rings. The third-order valence-electron chi connectivity index (χ3n) is 9.98. The van der Waals surface area contributed by atoms with Gasteiger partial charge in [0.05, 0.1) is 24.7 Å². The number of nitrogens with zero attached hydrogens (tertiary/aromatic N) is 7. The molecule has 2 aromatic carbocycles. The summed E-state index contributed by atoms with van der Waals surface area (Å²) in [6.07, 6.45) is 10.4. The number of hydrogen-bond acceptors (Lipinski definition) is 8. The molecule has 0 spiro atoms. The van der Waals surface area contributed by atoms with Gasteiger partial charge in [-0.3, -0.25) is 4.79 Å². The summed E-state index contributed by atoms with van der Waals surface area (Å²) in [7, 11) is 3.50. The topological polar surface area (TPSA) is 157 Å². The highest BCUT2D eigenvalue weighted by Gasteiger charge is 2.26. The molecule has 7 rings (SSSR count). The Kier molecular flexibility index (Phi) is 8.57. The van der Waals surface area contributed by atoms with E-state index in [1.54, 1.807) is 13.4 Å². The van der Waals surface area contributed by atoms with Crippen LogP contribution < -0.4 is 21.5 Å². The fourth-order valence-electron chi connectivity index (χ4n) is 7.38. The van der Waals surface area contributed by atoms with Crippen LogP contribution in [0, 0.1) is 12.8 Å². The molecule has 248 valence electrons. The zero-order valence-electron chi connectivity index (χ0n) is 27.7. The molecule has 1 amide bonds. The number of nitrogens with two attached hydrogens (primary N) is 2. The van der Waals surface area contributed by atoms with Crippen LogP contribution >= 0.6 is 0 Å². The van der Waals surface area contributed by atoms with Crippen molar-refractivity contribution in [3.8, 4) is 16.9 Å². The zero-order chi connectivity index (χ0) is 33.4. The molecule has 0 radical (unpaired) electrons. The summed E-state index contributed by atoms with van der Waals surface area (Å²) in [5.74, 6) is 3.24. The van der Waals surface area contributed by atoms with Gasteiger partial charge in [-0.15, -0.1) is 10.2 Å². The van der Waals surface area contributed by atoms with Crippen LogP contribution in [0.5, 0.6) is 5.75 Å². The maximum Gasteiger partial charge on any atom is 0.272 e. The van der Waals surface area contributed by atoms with E-state index in [0.29, 0.717) is 41.5 Å². The lowest BCUT2D eigenvalue weighted by molar-refractivity contribution is 0.101. The number of ether oxygens (including phenoxy) is 1. The minimum Gasteiger partial charge on any atom is -0.495 e. The lowest BCUT2D eigenvalue weighted by Gasteiger charge is -2.30. The van der Waals surface area contributed by atoms with Crippen molar-refractivity contribution in [3.05, 3.63) is 78.4 Å². The summed E-state index contributed by atoms with van der Waals surface area (Å²) in [6, 6.07) is 15.9. The van der Waals surface area contributed by atoms with Crippen molar-refractivity contribution in [1.82, 2.24) is 33.9 Å². The fourth-order valence-corrected chi connectivity index (χ4v) is 7.38. The Morgan fingerprint density at radius 2 is 1.88 bits per heavy atom. The molecule has 4 aromatic heterocycles. The number of para-hydroxylation sites is 1. The third kappa shape index (κ3) is 5.76. The monoisotopic (exact) mass is 646 g/mol. The first-order valence-corrected chi connectivity index (χ1v) is 16.6. The van der Waals surface area contributed by atoms with Crippen molar-refractivity contribution in [2.45, 2.75) is 64.6 Å². The zero-order valence-corrected chi connectivity index (χ0v) is 27.7. The molecule has 4 heterocycles. The van der Waals surface area contributed by atoms with Crippen LogP contribution in [0.25, 0.3) is 33.1 Å². The molecular weight excluding hydrogens is 604 g/mol. The number of aromatic nitrogens is 7. The van der Waals surface area contributed by atoms with Gasteiger partial charge in [0.25, 0.3) is 5.91 Å². The van der Waals surface area contributed by atoms with Crippen LogP contribution in [0.15, 0.2) is 61.1 Å². The molecule has 1 saturated carbocycles. The first-order chi connectivity index (χ1) is 23.4. The van der Waals surface area contributed by atoms with Crippen LogP contribution in [0.4, 0.5) is 11.5 Å². The van der Waals surface area contributed by atoms with E-state index in [9.17, 15) is 4.79 Å². The van der Waals surface area contributed by atoms with Gasteiger partial charge in [0.2, 0.25) is 0 Å². The number of rotatable bonds is 10. The van der Waals surface area contributed by atoms with Gasteiger partial charge >= 0.3 is 0 Å². The first kappa shape index (κ1) is 31.4. The number of hydrogen-bond donors (Lipinski definition) is 3. The van der Waals surface area contributed by atoms with E-state index in [0.717, 1.165) is 83.4 Å². The van der Waals surface area contributed by atoms with Gasteiger partial charge in [-0.25, -0.2) is 9.97 Å². The van der Waals surface area contributed by atoms with Gasteiger partial charge in [-0.2, -0.15) is 0 Å². The second-order valence-corrected chi connectivity index (χ2v) is 12.8. The summed E-state index contributed by atoms with van der Waals surface area (Å²) >= 11 is 0. The maximum atomic E-state index is 13.4. The molecular formula is C36H42N10O2. The predicted molar refractivity (Wildman–Crippen MR) is 188 cm³/mol. The molecule has 0 atom stereocenters. The average molecular weight is 647 g/mol. The lowest BCUT2D eigenvalue weighted by atomic mass is 9.83. The van der Waals surface area contributed by atoms with Crippen molar-refractivity contribution < 1.29 is 9.53 Å². The highest BCUT2D eigenvalue weighted by molar-refractivity contribution is 6.07. The van der Waals surface area contributed by atoms with E-state index in [4.69, 9.17) is 21.2 Å². The van der Waals surface area contributed by atoms with Crippen LogP contribution in [0.2, 0.25) is 0 Å². The smallest absolute Gasteiger partial charge is 0.272 e. The number of nitrogens with one attached hydrogen (secondary N) is 1. The summed E-state index contributed by atoms with van der Waals surface area (Å²) in [6.45, 7) is 3.30. The van der Waals surface area contributed by atoms with Crippen LogP contribution in [-0.4, -0.2) is 46.9 Å². The van der Waals surface area contributed by atoms with Crippen LogP contribution in [0.3, 0.4) is 0 Å². The van der Waals surface area contributed by atoms with Crippen molar-refractivity contribution in [2.75, 3.05) is 18.2 Å². The Labute approximate surface area is 279 Å². The number of methoxy groups -OCH3 is 1. The highest BCUT2D eigenvalue weighted by atomic mass is 16.5. The number of carbonyl (C=O) groups is 1. The van der Waals surface area contributed by atoms with E-state index < -0.39 is 0 Å². The molecule has 0 bridgehead atoms. The van der Waals surface area contributed by atoms with Crippen molar-refractivity contribution in [3.63, 3.8) is 0 Å². The van der Waals surface area contributed by atoms with E-state index in [1.165, 1.54) is 6.42 Å². The molecule has 0 unspecified atom stereocenters. The molecule has 0 aliphatic heterocycles. The second-order valence-electron chi connectivity index (χ2n) is 12.8. The molecule has 1 aliphatic rings. The number of carbonyl (C=O) groups excluding carboxylic acids is 1. The Hall–Kier alpha value is -5.23. The van der Waals surface area contributed by atoms with Gasteiger partial charge in [0, 0.05) is 42.3 Å². The fraction of sp³-hybridized carbons (Fsp3) is 0.361. The van der Waals surface area contributed by atoms with Crippen LogP contribution in [-0.2, 0) is 20.1 Å². The summed E-state index contributed by atoms with van der Waals surface area (Å²) in [5, 5.41) is 13.3. The molecule has 12 heteroatoms. The van der Waals surface area contributed by atoms with Gasteiger partial charge in [-0.05, 0) is 81.2 Å². The van der Waals surface area contributed by atoms with Crippen molar-refractivity contribution in [2.24, 2.45) is 18.7 Å². The number of fused-ring (bicyclic) bond motifs is 2. The van der Waals surface area contributed by atoms with Gasteiger partial charge in [0.1, 0.15) is 40.9 Å².